The standard InChI is InChI=1S/C22H24N2O6/c1-15-11-20(16(2)23(15)13-19-7-4-10-29-19)21(25)14-30-22(26)9-8-17-5-3-6-18(12-17)24(27)28/h3,5-6,8-9,11-12,19H,4,7,10,13-14H2,1-2H3/b9-8+/t19-/m0/s1. The fraction of sp³-hybridized carbons (Fsp3) is 0.364. The molecule has 1 aromatic carbocycles. The number of hydrogen-bond acceptors (Lipinski definition) is 6. The molecule has 8 nitrogen and oxygen atoms in total. The van der Waals surface area contributed by atoms with Gasteiger partial charge in [0.1, 0.15) is 0 Å². The van der Waals surface area contributed by atoms with Crippen molar-refractivity contribution in [3.05, 3.63) is 69.0 Å². The zero-order chi connectivity index (χ0) is 21.7. The number of nitro benzene ring substituents is 1. The lowest BCUT2D eigenvalue weighted by molar-refractivity contribution is -0.384. The second kappa shape index (κ2) is 9.49. The van der Waals surface area contributed by atoms with Gasteiger partial charge in [-0.2, -0.15) is 0 Å². The molecule has 30 heavy (non-hydrogen) atoms. The van der Waals surface area contributed by atoms with E-state index in [1.165, 1.54) is 24.3 Å². The smallest absolute Gasteiger partial charge is 0.331 e. The van der Waals surface area contributed by atoms with E-state index >= 15 is 0 Å². The molecule has 0 spiro atoms. The van der Waals surface area contributed by atoms with E-state index in [0.29, 0.717) is 17.7 Å². The lowest BCUT2D eigenvalue weighted by Crippen LogP contribution is -2.18. The van der Waals surface area contributed by atoms with Gasteiger partial charge >= 0.3 is 5.97 Å². The first-order chi connectivity index (χ1) is 14.3. The van der Waals surface area contributed by atoms with E-state index in [1.54, 1.807) is 12.1 Å². The third-order valence-electron chi connectivity index (χ3n) is 5.12. The van der Waals surface area contributed by atoms with E-state index in [0.717, 1.165) is 36.9 Å². The van der Waals surface area contributed by atoms with Crippen LogP contribution >= 0.6 is 0 Å². The van der Waals surface area contributed by atoms with Gasteiger partial charge in [-0.3, -0.25) is 14.9 Å². The van der Waals surface area contributed by atoms with Crippen molar-refractivity contribution in [1.82, 2.24) is 4.57 Å². The fourth-order valence-corrected chi connectivity index (χ4v) is 3.53. The normalized spacial score (nSPS) is 16.1. The molecule has 0 saturated carbocycles. The molecule has 0 unspecified atom stereocenters. The number of Topliss-reactive ketones (excluding diaryl/α,β-unsaturated/α-hetero) is 1. The van der Waals surface area contributed by atoms with Gasteiger partial charge in [0.2, 0.25) is 5.78 Å². The molecule has 1 saturated heterocycles. The summed E-state index contributed by atoms with van der Waals surface area (Å²) in [7, 11) is 0. The molecule has 158 valence electrons. The summed E-state index contributed by atoms with van der Waals surface area (Å²) in [4.78, 5) is 34.8. The van der Waals surface area contributed by atoms with Crippen LogP contribution in [0.1, 0.15) is 40.2 Å². The summed E-state index contributed by atoms with van der Waals surface area (Å²) in [6.45, 7) is 4.92. The Bertz CT molecular complexity index is 986. The first-order valence-corrected chi connectivity index (χ1v) is 9.76. The molecule has 0 amide bonds. The number of nitro groups is 1. The van der Waals surface area contributed by atoms with Gasteiger partial charge < -0.3 is 14.0 Å². The number of carbonyl (C=O) groups is 2. The number of nitrogens with zero attached hydrogens (tertiary/aromatic N) is 2. The van der Waals surface area contributed by atoms with Gasteiger partial charge in [0.25, 0.3) is 5.69 Å². The Balaban J connectivity index is 1.58. The minimum absolute atomic E-state index is 0.0703. The second-order valence-electron chi connectivity index (χ2n) is 7.25. The van der Waals surface area contributed by atoms with Crippen molar-refractivity contribution in [3.63, 3.8) is 0 Å². The lowest BCUT2D eigenvalue weighted by atomic mass is 10.1. The Morgan fingerprint density at radius 3 is 2.83 bits per heavy atom. The highest BCUT2D eigenvalue weighted by Crippen LogP contribution is 2.21. The van der Waals surface area contributed by atoms with Crippen LogP contribution in [0.5, 0.6) is 0 Å². The highest BCUT2D eigenvalue weighted by Gasteiger charge is 2.21. The molecule has 1 aromatic heterocycles. The molecule has 1 fully saturated rings. The summed E-state index contributed by atoms with van der Waals surface area (Å²) in [5.74, 6) is -0.971. The number of esters is 1. The monoisotopic (exact) mass is 412 g/mol. The van der Waals surface area contributed by atoms with E-state index in [2.05, 4.69) is 4.57 Å². The molecule has 1 aliphatic rings. The van der Waals surface area contributed by atoms with Crippen LogP contribution in [-0.4, -0.2) is 40.6 Å². The quantitative estimate of drug-likeness (QED) is 0.216. The van der Waals surface area contributed by atoms with Crippen molar-refractivity contribution in [2.45, 2.75) is 39.3 Å². The Kier molecular flexibility index (Phi) is 6.79. The molecule has 2 aromatic rings. The molecule has 1 aliphatic heterocycles. The molecular weight excluding hydrogens is 388 g/mol. The summed E-state index contributed by atoms with van der Waals surface area (Å²) in [6.07, 6.45) is 4.78. The van der Waals surface area contributed by atoms with Gasteiger partial charge in [-0.15, -0.1) is 0 Å². The molecule has 0 aliphatic carbocycles. The van der Waals surface area contributed by atoms with Gasteiger partial charge in [0, 0.05) is 48.3 Å². The number of non-ortho nitro benzene ring substituents is 1. The zero-order valence-electron chi connectivity index (χ0n) is 17.0. The molecule has 3 rings (SSSR count). The first kappa shape index (κ1) is 21.4. The molecular formula is C22H24N2O6. The number of benzene rings is 1. The molecule has 1 atom stereocenters. The second-order valence-corrected chi connectivity index (χ2v) is 7.25. The number of carbonyl (C=O) groups excluding carboxylic acids is 2. The van der Waals surface area contributed by atoms with E-state index in [-0.39, 0.29) is 24.2 Å². The molecule has 8 heteroatoms. The third-order valence-corrected chi connectivity index (χ3v) is 5.12. The number of aromatic nitrogens is 1. The van der Waals surface area contributed by atoms with Crippen molar-refractivity contribution >= 4 is 23.5 Å². The summed E-state index contributed by atoms with van der Waals surface area (Å²) < 4.78 is 12.8. The van der Waals surface area contributed by atoms with Crippen molar-refractivity contribution in [2.24, 2.45) is 0 Å². The van der Waals surface area contributed by atoms with Gasteiger partial charge in [0.15, 0.2) is 6.61 Å². The lowest BCUT2D eigenvalue weighted by Gasteiger charge is -2.14. The van der Waals surface area contributed by atoms with E-state index in [1.807, 2.05) is 13.8 Å². The first-order valence-electron chi connectivity index (χ1n) is 9.76. The Morgan fingerprint density at radius 1 is 1.33 bits per heavy atom. The molecule has 2 heterocycles. The number of rotatable bonds is 8. The van der Waals surface area contributed by atoms with E-state index < -0.39 is 10.9 Å². The van der Waals surface area contributed by atoms with Crippen LogP contribution < -0.4 is 0 Å². The Morgan fingerprint density at radius 2 is 2.13 bits per heavy atom. The van der Waals surface area contributed by atoms with Crippen molar-refractivity contribution in [1.29, 1.82) is 0 Å². The molecule has 0 bridgehead atoms. The van der Waals surface area contributed by atoms with Gasteiger partial charge in [0.05, 0.1) is 11.0 Å². The highest BCUT2D eigenvalue weighted by atomic mass is 16.6. The minimum Gasteiger partial charge on any atom is -0.454 e. The summed E-state index contributed by atoms with van der Waals surface area (Å²) in [6, 6.07) is 7.67. The van der Waals surface area contributed by atoms with Gasteiger partial charge in [-0.1, -0.05) is 12.1 Å². The van der Waals surface area contributed by atoms with E-state index in [9.17, 15) is 19.7 Å². The minimum atomic E-state index is -0.692. The largest absolute Gasteiger partial charge is 0.454 e. The predicted molar refractivity (Wildman–Crippen MR) is 110 cm³/mol. The van der Waals surface area contributed by atoms with Crippen LogP contribution in [0.25, 0.3) is 6.08 Å². The van der Waals surface area contributed by atoms with Crippen LogP contribution in [0, 0.1) is 24.0 Å². The topological polar surface area (TPSA) is 101 Å². The SMILES string of the molecule is Cc1cc(C(=O)COC(=O)/C=C/c2cccc([N+](=O)[O-])c2)c(C)n1C[C@@H]1CCCO1. The highest BCUT2D eigenvalue weighted by molar-refractivity contribution is 6.00. The van der Waals surface area contributed by atoms with Crippen LogP contribution in [0.15, 0.2) is 36.4 Å². The third kappa shape index (κ3) is 5.21. The summed E-state index contributed by atoms with van der Waals surface area (Å²) in [5.41, 5.74) is 2.74. The van der Waals surface area contributed by atoms with Crippen molar-refractivity contribution in [2.75, 3.05) is 13.2 Å². The van der Waals surface area contributed by atoms with Crippen LogP contribution in [-0.2, 0) is 20.8 Å². The zero-order valence-corrected chi connectivity index (χ0v) is 17.0. The number of ketones is 1. The number of aryl methyl sites for hydroxylation is 1. The van der Waals surface area contributed by atoms with Crippen molar-refractivity contribution < 1.29 is 24.0 Å². The van der Waals surface area contributed by atoms with E-state index in [4.69, 9.17) is 9.47 Å². The van der Waals surface area contributed by atoms with Crippen LogP contribution in [0.2, 0.25) is 0 Å². The number of ether oxygens (including phenoxy) is 2. The Labute approximate surface area is 174 Å². The molecule has 0 radical (unpaired) electrons. The maximum absolute atomic E-state index is 12.5. The van der Waals surface area contributed by atoms with Gasteiger partial charge in [-0.25, -0.2) is 4.79 Å². The van der Waals surface area contributed by atoms with Gasteiger partial charge in [-0.05, 0) is 44.4 Å². The number of hydrogen-bond donors (Lipinski definition) is 0. The average molecular weight is 412 g/mol. The van der Waals surface area contributed by atoms with Crippen molar-refractivity contribution in [3.8, 4) is 0 Å². The fourth-order valence-electron chi connectivity index (χ4n) is 3.53. The maximum atomic E-state index is 12.5. The predicted octanol–water partition coefficient (Wildman–Crippen LogP) is 3.63. The summed E-state index contributed by atoms with van der Waals surface area (Å²) >= 11 is 0. The Hall–Kier alpha value is -3.26. The maximum Gasteiger partial charge on any atom is 0.331 e. The summed E-state index contributed by atoms with van der Waals surface area (Å²) in [5, 5.41) is 10.8. The van der Waals surface area contributed by atoms with Crippen LogP contribution in [0.3, 0.4) is 0 Å². The molecule has 0 N–H and O–H groups in total. The van der Waals surface area contributed by atoms with Crippen LogP contribution in [0.4, 0.5) is 5.69 Å². The average Bonchev–Trinajstić information content (AvgIpc) is 3.34.